The highest BCUT2D eigenvalue weighted by Gasteiger charge is 2.04. The summed E-state index contributed by atoms with van der Waals surface area (Å²) in [6.07, 6.45) is 3.79. The average Bonchev–Trinajstić information content (AvgIpc) is 2.74. The van der Waals surface area contributed by atoms with Gasteiger partial charge in [0, 0.05) is 18.5 Å². The van der Waals surface area contributed by atoms with E-state index in [-0.39, 0.29) is 5.75 Å². The molecule has 4 heteroatoms. The Morgan fingerprint density at radius 3 is 2.56 bits per heavy atom. The average molecular weight is 223 g/mol. The third-order valence-electron chi connectivity index (χ3n) is 2.17. The summed E-state index contributed by atoms with van der Waals surface area (Å²) in [5.41, 5.74) is 0. The van der Waals surface area contributed by atoms with Gasteiger partial charge >= 0.3 is 0 Å². The first-order valence-corrected chi connectivity index (χ1v) is 4.94. The van der Waals surface area contributed by atoms with Crippen LogP contribution in [0.3, 0.4) is 0 Å². The molecule has 0 aliphatic carbocycles. The molecule has 2 nitrogen and oxygen atoms in total. The summed E-state index contributed by atoms with van der Waals surface area (Å²) in [5.74, 6) is -1.20. The van der Waals surface area contributed by atoms with Crippen LogP contribution in [-0.4, -0.2) is 11.2 Å². The highest BCUT2D eigenvalue weighted by atomic mass is 19.1. The van der Waals surface area contributed by atoms with Gasteiger partial charge in [0.2, 0.25) is 0 Å². The zero-order chi connectivity index (χ0) is 11.4. The summed E-state index contributed by atoms with van der Waals surface area (Å²) >= 11 is 0. The summed E-state index contributed by atoms with van der Waals surface area (Å²) in [7, 11) is 0. The Labute approximate surface area is 92.1 Å². The van der Waals surface area contributed by atoms with Crippen molar-refractivity contribution in [3.05, 3.63) is 54.4 Å². The van der Waals surface area contributed by atoms with Crippen molar-refractivity contribution in [2.75, 3.05) is 6.61 Å². The molecule has 2 rings (SSSR count). The monoisotopic (exact) mass is 223 g/mol. The molecule has 1 heterocycles. The standard InChI is InChI=1S/C12H11F2NO/c13-10-3-4-12(11(14)9-10)16-8-7-15-5-1-2-6-15/h1-6,9H,7-8H2. The summed E-state index contributed by atoms with van der Waals surface area (Å²) in [4.78, 5) is 0. The van der Waals surface area contributed by atoms with Crippen LogP contribution in [0.1, 0.15) is 0 Å². The van der Waals surface area contributed by atoms with E-state index in [4.69, 9.17) is 4.74 Å². The van der Waals surface area contributed by atoms with Crippen LogP contribution < -0.4 is 4.74 Å². The topological polar surface area (TPSA) is 14.2 Å². The van der Waals surface area contributed by atoms with Crippen LogP contribution in [0.5, 0.6) is 5.75 Å². The molecule has 0 aliphatic rings. The smallest absolute Gasteiger partial charge is 0.167 e. The molecule has 0 saturated heterocycles. The fourth-order valence-corrected chi connectivity index (χ4v) is 1.37. The summed E-state index contributed by atoms with van der Waals surface area (Å²) < 4.78 is 32.9. The minimum Gasteiger partial charge on any atom is -0.489 e. The molecule has 0 saturated carbocycles. The molecule has 16 heavy (non-hydrogen) atoms. The van der Waals surface area contributed by atoms with E-state index >= 15 is 0 Å². The van der Waals surface area contributed by atoms with Gasteiger partial charge in [-0.1, -0.05) is 0 Å². The lowest BCUT2D eigenvalue weighted by Gasteiger charge is -2.07. The van der Waals surface area contributed by atoms with Crippen molar-refractivity contribution in [3.8, 4) is 5.75 Å². The Morgan fingerprint density at radius 2 is 1.88 bits per heavy atom. The summed E-state index contributed by atoms with van der Waals surface area (Å²) in [6, 6.07) is 7.08. The van der Waals surface area contributed by atoms with Crippen molar-refractivity contribution < 1.29 is 13.5 Å². The Kier molecular flexibility index (Phi) is 3.19. The molecule has 0 aliphatic heterocycles. The number of ether oxygens (including phenoxy) is 1. The number of hydrogen-bond donors (Lipinski definition) is 0. The molecule has 84 valence electrons. The van der Waals surface area contributed by atoms with Gasteiger partial charge in [-0.3, -0.25) is 0 Å². The van der Waals surface area contributed by atoms with Gasteiger partial charge in [-0.15, -0.1) is 0 Å². The zero-order valence-corrected chi connectivity index (χ0v) is 8.57. The summed E-state index contributed by atoms with van der Waals surface area (Å²) in [6.45, 7) is 0.973. The third-order valence-corrected chi connectivity index (χ3v) is 2.17. The first kappa shape index (κ1) is 10.7. The molecule has 0 bridgehead atoms. The molecule has 0 N–H and O–H groups in total. The number of rotatable bonds is 4. The first-order valence-electron chi connectivity index (χ1n) is 4.94. The maximum atomic E-state index is 13.1. The molecule has 1 aromatic heterocycles. The predicted molar refractivity (Wildman–Crippen MR) is 56.3 cm³/mol. The molecule has 0 atom stereocenters. The predicted octanol–water partition coefficient (Wildman–Crippen LogP) is 2.85. The van der Waals surface area contributed by atoms with Crippen molar-refractivity contribution in [2.45, 2.75) is 6.54 Å². The van der Waals surface area contributed by atoms with E-state index in [9.17, 15) is 8.78 Å². The van der Waals surface area contributed by atoms with Crippen LogP contribution in [0.25, 0.3) is 0 Å². The number of aromatic nitrogens is 1. The van der Waals surface area contributed by atoms with Crippen LogP contribution in [0.15, 0.2) is 42.7 Å². The molecule has 0 radical (unpaired) electrons. The second-order valence-corrected chi connectivity index (χ2v) is 3.34. The molecule has 0 spiro atoms. The Morgan fingerprint density at radius 1 is 1.12 bits per heavy atom. The van der Waals surface area contributed by atoms with Gasteiger partial charge in [-0.2, -0.15) is 0 Å². The largest absolute Gasteiger partial charge is 0.489 e. The molecule has 0 unspecified atom stereocenters. The van der Waals surface area contributed by atoms with Gasteiger partial charge < -0.3 is 9.30 Å². The number of benzene rings is 1. The van der Waals surface area contributed by atoms with E-state index in [2.05, 4.69) is 0 Å². The lowest BCUT2D eigenvalue weighted by Crippen LogP contribution is -2.07. The van der Waals surface area contributed by atoms with E-state index in [1.165, 1.54) is 12.1 Å². The highest BCUT2D eigenvalue weighted by Crippen LogP contribution is 2.17. The van der Waals surface area contributed by atoms with Crippen molar-refractivity contribution in [1.82, 2.24) is 4.57 Å². The van der Waals surface area contributed by atoms with Crippen molar-refractivity contribution in [3.63, 3.8) is 0 Å². The fraction of sp³-hybridized carbons (Fsp3) is 0.167. The minimum absolute atomic E-state index is 0.0774. The van der Waals surface area contributed by atoms with Gasteiger partial charge in [0.15, 0.2) is 11.6 Å². The van der Waals surface area contributed by atoms with E-state index in [1.807, 2.05) is 29.1 Å². The maximum Gasteiger partial charge on any atom is 0.167 e. The Hall–Kier alpha value is -1.84. The number of hydrogen-bond acceptors (Lipinski definition) is 1. The number of halogens is 2. The molecular weight excluding hydrogens is 212 g/mol. The van der Waals surface area contributed by atoms with Gasteiger partial charge in [-0.25, -0.2) is 8.78 Å². The van der Waals surface area contributed by atoms with Crippen LogP contribution in [-0.2, 0) is 6.54 Å². The second kappa shape index (κ2) is 4.79. The molecule has 0 fully saturated rings. The van der Waals surface area contributed by atoms with E-state index in [0.717, 1.165) is 6.07 Å². The zero-order valence-electron chi connectivity index (χ0n) is 8.57. The molecule has 0 amide bonds. The van der Waals surface area contributed by atoms with Crippen LogP contribution in [0, 0.1) is 11.6 Å². The molecule has 1 aromatic carbocycles. The Bertz CT molecular complexity index is 454. The van der Waals surface area contributed by atoms with Gasteiger partial charge in [0.1, 0.15) is 12.4 Å². The highest BCUT2D eigenvalue weighted by molar-refractivity contribution is 5.24. The normalized spacial score (nSPS) is 10.4. The van der Waals surface area contributed by atoms with E-state index < -0.39 is 11.6 Å². The lowest BCUT2D eigenvalue weighted by atomic mass is 10.3. The fourth-order valence-electron chi connectivity index (χ4n) is 1.37. The van der Waals surface area contributed by atoms with Crippen LogP contribution in [0.2, 0.25) is 0 Å². The summed E-state index contributed by atoms with van der Waals surface area (Å²) in [5, 5.41) is 0. The molecular formula is C12H11F2NO. The van der Waals surface area contributed by atoms with Crippen molar-refractivity contribution >= 4 is 0 Å². The van der Waals surface area contributed by atoms with Gasteiger partial charge in [0.05, 0.1) is 6.54 Å². The van der Waals surface area contributed by atoms with Crippen LogP contribution in [0.4, 0.5) is 8.78 Å². The van der Waals surface area contributed by atoms with E-state index in [1.54, 1.807) is 0 Å². The van der Waals surface area contributed by atoms with Gasteiger partial charge in [-0.05, 0) is 24.3 Å². The van der Waals surface area contributed by atoms with Crippen LogP contribution >= 0.6 is 0 Å². The Balaban J connectivity index is 1.90. The quantitative estimate of drug-likeness (QED) is 0.777. The lowest BCUT2D eigenvalue weighted by molar-refractivity contribution is 0.284. The minimum atomic E-state index is -0.674. The SMILES string of the molecule is Fc1ccc(OCCn2cccc2)c(F)c1. The van der Waals surface area contributed by atoms with Crippen molar-refractivity contribution in [1.29, 1.82) is 0 Å². The van der Waals surface area contributed by atoms with Gasteiger partial charge in [0.25, 0.3) is 0 Å². The molecule has 2 aromatic rings. The first-order chi connectivity index (χ1) is 7.75. The maximum absolute atomic E-state index is 13.1. The van der Waals surface area contributed by atoms with E-state index in [0.29, 0.717) is 13.2 Å². The number of nitrogens with zero attached hydrogens (tertiary/aromatic N) is 1. The third kappa shape index (κ3) is 2.59. The second-order valence-electron chi connectivity index (χ2n) is 3.34. The van der Waals surface area contributed by atoms with Crippen molar-refractivity contribution in [2.24, 2.45) is 0 Å².